The molecule has 1 radical (unpaired) electrons. The van der Waals surface area contributed by atoms with Crippen LogP contribution in [0.2, 0.25) is 0 Å². The molecule has 53 valence electrons. The molecule has 0 rings (SSSR count). The van der Waals surface area contributed by atoms with Gasteiger partial charge in [-0.3, -0.25) is 0 Å². The van der Waals surface area contributed by atoms with Crippen LogP contribution in [-0.2, 0) is 4.79 Å². The van der Waals surface area contributed by atoms with E-state index in [9.17, 15) is 4.79 Å². The highest BCUT2D eigenvalue weighted by atomic mass is 16.1. The summed E-state index contributed by atoms with van der Waals surface area (Å²) >= 11 is 0. The Bertz CT molecular complexity index is 69.0. The minimum Gasteiger partial charge on any atom is -0.303 e. The lowest BCUT2D eigenvalue weighted by atomic mass is 10.0. The average molecular weight is 127 g/mol. The van der Waals surface area contributed by atoms with E-state index in [0.29, 0.717) is 12.3 Å². The zero-order chi connectivity index (χ0) is 7.11. The molecule has 1 unspecified atom stereocenters. The number of aldehydes is 1. The fraction of sp³-hybridized carbons (Fsp3) is 0.750. The highest BCUT2D eigenvalue weighted by Gasteiger charge is 1.98. The second-order valence-electron chi connectivity index (χ2n) is 2.40. The van der Waals surface area contributed by atoms with E-state index in [1.165, 1.54) is 6.42 Å². The fourth-order valence-corrected chi connectivity index (χ4v) is 0.699. The average Bonchev–Trinajstić information content (AvgIpc) is 1.85. The van der Waals surface area contributed by atoms with Crippen LogP contribution >= 0.6 is 0 Å². The monoisotopic (exact) mass is 127 g/mol. The first-order valence-electron chi connectivity index (χ1n) is 3.58. The standard InChI is InChI=1S/C8H15O/c1-3-4-5-8(2)6-7-9/h5,7-8H,3-4,6H2,1-2H3. The molecule has 9 heavy (non-hydrogen) atoms. The van der Waals surface area contributed by atoms with Gasteiger partial charge in [-0.15, -0.1) is 0 Å². The van der Waals surface area contributed by atoms with Crippen molar-refractivity contribution < 1.29 is 4.79 Å². The van der Waals surface area contributed by atoms with Crippen molar-refractivity contribution in [3.8, 4) is 0 Å². The minimum absolute atomic E-state index is 0.474. The van der Waals surface area contributed by atoms with E-state index in [4.69, 9.17) is 0 Å². The third kappa shape index (κ3) is 5.54. The molecule has 0 aliphatic rings. The summed E-state index contributed by atoms with van der Waals surface area (Å²) in [5.74, 6) is 0.474. The van der Waals surface area contributed by atoms with Gasteiger partial charge in [0.05, 0.1) is 0 Å². The number of carbonyl (C=O) groups excluding carboxylic acids is 1. The Balaban J connectivity index is 3.04. The SMILES string of the molecule is CCC[CH]C(C)CC=O. The summed E-state index contributed by atoms with van der Waals surface area (Å²) in [7, 11) is 0. The van der Waals surface area contributed by atoms with Gasteiger partial charge >= 0.3 is 0 Å². The molecule has 0 aromatic rings. The fourth-order valence-electron chi connectivity index (χ4n) is 0.699. The van der Waals surface area contributed by atoms with Gasteiger partial charge in [-0.05, 0) is 12.3 Å². The molecule has 0 fully saturated rings. The van der Waals surface area contributed by atoms with Crippen LogP contribution in [0.15, 0.2) is 0 Å². The summed E-state index contributed by atoms with van der Waals surface area (Å²) in [4.78, 5) is 9.96. The van der Waals surface area contributed by atoms with Gasteiger partial charge < -0.3 is 4.79 Å². The molecule has 0 N–H and O–H groups in total. The van der Waals surface area contributed by atoms with Crippen molar-refractivity contribution in [2.45, 2.75) is 33.1 Å². The molecule has 0 aliphatic carbocycles. The molecular weight excluding hydrogens is 112 g/mol. The van der Waals surface area contributed by atoms with E-state index in [2.05, 4.69) is 20.3 Å². The van der Waals surface area contributed by atoms with E-state index in [0.717, 1.165) is 12.7 Å². The summed E-state index contributed by atoms with van der Waals surface area (Å²) in [6, 6.07) is 0. The van der Waals surface area contributed by atoms with Crippen LogP contribution in [0.3, 0.4) is 0 Å². The second kappa shape index (κ2) is 5.80. The molecule has 0 aromatic heterocycles. The normalized spacial score (nSPS) is 13.1. The van der Waals surface area contributed by atoms with E-state index in [1.807, 2.05) is 0 Å². The van der Waals surface area contributed by atoms with Crippen molar-refractivity contribution in [3.63, 3.8) is 0 Å². The topological polar surface area (TPSA) is 17.1 Å². The Kier molecular flexibility index (Phi) is 5.59. The van der Waals surface area contributed by atoms with Crippen LogP contribution in [0.1, 0.15) is 33.1 Å². The predicted molar refractivity (Wildman–Crippen MR) is 39.1 cm³/mol. The van der Waals surface area contributed by atoms with Crippen LogP contribution in [0.25, 0.3) is 0 Å². The van der Waals surface area contributed by atoms with Gasteiger partial charge in [0.15, 0.2) is 0 Å². The lowest BCUT2D eigenvalue weighted by Gasteiger charge is -2.03. The lowest BCUT2D eigenvalue weighted by molar-refractivity contribution is -0.108. The maximum Gasteiger partial charge on any atom is 0.120 e. The summed E-state index contributed by atoms with van der Waals surface area (Å²) in [6.45, 7) is 4.22. The van der Waals surface area contributed by atoms with Crippen LogP contribution < -0.4 is 0 Å². The van der Waals surface area contributed by atoms with Gasteiger partial charge in [-0.25, -0.2) is 0 Å². The largest absolute Gasteiger partial charge is 0.303 e. The highest BCUT2D eigenvalue weighted by molar-refractivity contribution is 5.49. The van der Waals surface area contributed by atoms with E-state index in [-0.39, 0.29) is 0 Å². The maximum absolute atomic E-state index is 9.96. The molecule has 1 heteroatoms. The smallest absolute Gasteiger partial charge is 0.120 e. The van der Waals surface area contributed by atoms with Crippen molar-refractivity contribution in [2.24, 2.45) is 5.92 Å². The summed E-state index contributed by atoms with van der Waals surface area (Å²) in [5, 5.41) is 0. The number of rotatable bonds is 5. The summed E-state index contributed by atoms with van der Waals surface area (Å²) in [5.41, 5.74) is 0. The van der Waals surface area contributed by atoms with Crippen molar-refractivity contribution >= 4 is 6.29 Å². The maximum atomic E-state index is 9.96. The first-order chi connectivity index (χ1) is 4.31. The molecule has 0 aliphatic heterocycles. The molecular formula is C8H15O. The number of hydrogen-bond acceptors (Lipinski definition) is 1. The van der Waals surface area contributed by atoms with Gasteiger partial charge in [-0.1, -0.05) is 26.7 Å². The van der Waals surface area contributed by atoms with Gasteiger partial charge in [0.2, 0.25) is 0 Å². The summed E-state index contributed by atoms with van der Waals surface area (Å²) < 4.78 is 0. The lowest BCUT2D eigenvalue weighted by Crippen LogP contribution is -1.95. The Hall–Kier alpha value is -0.330. The van der Waals surface area contributed by atoms with Gasteiger partial charge in [0, 0.05) is 6.42 Å². The van der Waals surface area contributed by atoms with Crippen molar-refractivity contribution in [1.82, 2.24) is 0 Å². The van der Waals surface area contributed by atoms with Gasteiger partial charge in [0.25, 0.3) is 0 Å². The van der Waals surface area contributed by atoms with Crippen LogP contribution in [0.5, 0.6) is 0 Å². The predicted octanol–water partition coefficient (Wildman–Crippen LogP) is 2.22. The van der Waals surface area contributed by atoms with Crippen molar-refractivity contribution in [2.75, 3.05) is 0 Å². The zero-order valence-electron chi connectivity index (χ0n) is 6.26. The number of carbonyl (C=O) groups is 1. The molecule has 0 saturated carbocycles. The Labute approximate surface area is 57.5 Å². The van der Waals surface area contributed by atoms with Gasteiger partial charge in [-0.2, -0.15) is 0 Å². The molecule has 0 heterocycles. The van der Waals surface area contributed by atoms with Crippen molar-refractivity contribution in [1.29, 1.82) is 0 Å². The van der Waals surface area contributed by atoms with Crippen molar-refractivity contribution in [3.05, 3.63) is 6.42 Å². The molecule has 0 saturated heterocycles. The third-order valence-corrected chi connectivity index (χ3v) is 1.33. The Morgan fingerprint density at radius 1 is 1.56 bits per heavy atom. The van der Waals surface area contributed by atoms with Gasteiger partial charge in [0.1, 0.15) is 6.29 Å². The second-order valence-corrected chi connectivity index (χ2v) is 2.40. The highest BCUT2D eigenvalue weighted by Crippen LogP contribution is 2.07. The van der Waals surface area contributed by atoms with Crippen LogP contribution in [0, 0.1) is 12.3 Å². The first-order valence-corrected chi connectivity index (χ1v) is 3.58. The Morgan fingerprint density at radius 2 is 2.22 bits per heavy atom. The molecule has 0 spiro atoms. The molecule has 0 aromatic carbocycles. The number of hydrogen-bond donors (Lipinski definition) is 0. The minimum atomic E-state index is 0.474. The Morgan fingerprint density at radius 3 is 2.67 bits per heavy atom. The molecule has 1 atom stereocenters. The van der Waals surface area contributed by atoms with E-state index >= 15 is 0 Å². The molecule has 0 amide bonds. The molecule has 0 bridgehead atoms. The molecule has 1 nitrogen and oxygen atoms in total. The number of unbranched alkanes of at least 4 members (excludes halogenated alkanes) is 1. The summed E-state index contributed by atoms with van der Waals surface area (Å²) in [6.07, 6.45) is 6.18. The van der Waals surface area contributed by atoms with Crippen LogP contribution in [-0.4, -0.2) is 6.29 Å². The first kappa shape index (κ1) is 8.67. The van der Waals surface area contributed by atoms with E-state index < -0.39 is 0 Å². The van der Waals surface area contributed by atoms with Crippen LogP contribution in [0.4, 0.5) is 0 Å². The quantitative estimate of drug-likeness (QED) is 0.517. The van der Waals surface area contributed by atoms with E-state index in [1.54, 1.807) is 0 Å². The zero-order valence-corrected chi connectivity index (χ0v) is 6.26. The third-order valence-electron chi connectivity index (χ3n) is 1.33.